The maximum atomic E-state index is 12.1. The van der Waals surface area contributed by atoms with E-state index in [9.17, 15) is 9.59 Å². The largest absolute Gasteiger partial charge is 0.474 e. The first-order chi connectivity index (χ1) is 13.1. The van der Waals surface area contributed by atoms with Gasteiger partial charge in [-0.25, -0.2) is 4.98 Å². The van der Waals surface area contributed by atoms with Crippen LogP contribution in [0.15, 0.2) is 48.7 Å². The van der Waals surface area contributed by atoms with Crippen LogP contribution in [0.4, 0.5) is 0 Å². The minimum absolute atomic E-state index is 0.0470. The predicted molar refractivity (Wildman–Crippen MR) is 104 cm³/mol. The minimum atomic E-state index is -0.0774. The Morgan fingerprint density at radius 1 is 1.04 bits per heavy atom. The molecule has 0 atom stereocenters. The lowest BCUT2D eigenvalue weighted by molar-refractivity contribution is -0.122. The Bertz CT molecular complexity index is 757. The van der Waals surface area contributed by atoms with Gasteiger partial charge in [0.2, 0.25) is 11.8 Å². The van der Waals surface area contributed by atoms with Gasteiger partial charge >= 0.3 is 0 Å². The summed E-state index contributed by atoms with van der Waals surface area (Å²) in [6.07, 6.45) is 5.75. The molecule has 0 unspecified atom stereocenters. The normalized spacial score (nSPS) is 19.3. The van der Waals surface area contributed by atoms with Crippen LogP contribution in [0, 0.1) is 0 Å². The van der Waals surface area contributed by atoms with Crippen LogP contribution in [-0.4, -0.2) is 28.8 Å². The standard InChI is InChI=1S/C21H23ClN2O3/c22-16-6-4-15(5-7-16)19(25)12-13-20(26)24-17-8-10-18(11-9-17)27-21-3-1-2-14-23-21/h1-7,14,17-18H,8-13H2,(H,24,26). The van der Waals surface area contributed by atoms with Gasteiger partial charge in [-0.15, -0.1) is 0 Å². The second kappa shape index (κ2) is 9.51. The molecule has 5 nitrogen and oxygen atoms in total. The number of nitrogens with one attached hydrogen (secondary N) is 1. The van der Waals surface area contributed by atoms with Crippen molar-refractivity contribution in [1.82, 2.24) is 10.3 Å². The molecule has 1 aliphatic carbocycles. The summed E-state index contributed by atoms with van der Waals surface area (Å²) in [7, 11) is 0. The predicted octanol–water partition coefficient (Wildman–Crippen LogP) is 4.20. The molecule has 1 heterocycles. The summed E-state index contributed by atoms with van der Waals surface area (Å²) < 4.78 is 5.87. The molecule has 0 radical (unpaired) electrons. The molecular formula is C21H23ClN2O3. The second-order valence-corrected chi connectivity index (χ2v) is 7.19. The number of ether oxygens (including phenoxy) is 1. The number of carbonyl (C=O) groups is 2. The zero-order valence-electron chi connectivity index (χ0n) is 15.1. The van der Waals surface area contributed by atoms with Gasteiger partial charge in [0.05, 0.1) is 0 Å². The molecule has 6 heteroatoms. The number of hydrogen-bond donors (Lipinski definition) is 1. The molecule has 1 amide bonds. The summed E-state index contributed by atoms with van der Waals surface area (Å²) in [5.41, 5.74) is 0.583. The molecule has 3 rings (SSSR count). The van der Waals surface area contributed by atoms with Crippen molar-refractivity contribution in [3.63, 3.8) is 0 Å². The van der Waals surface area contributed by atoms with Crippen molar-refractivity contribution in [2.24, 2.45) is 0 Å². The first-order valence-corrected chi connectivity index (χ1v) is 9.64. The number of Topliss-reactive ketones (excluding diaryl/α,β-unsaturated/α-hetero) is 1. The molecule has 0 aliphatic heterocycles. The highest BCUT2D eigenvalue weighted by molar-refractivity contribution is 6.30. The number of ketones is 1. The third-order valence-corrected chi connectivity index (χ3v) is 4.96. The van der Waals surface area contributed by atoms with E-state index in [1.54, 1.807) is 30.5 Å². The highest BCUT2D eigenvalue weighted by atomic mass is 35.5. The number of amides is 1. The number of pyridine rings is 1. The van der Waals surface area contributed by atoms with Gasteiger partial charge < -0.3 is 10.1 Å². The highest BCUT2D eigenvalue weighted by Gasteiger charge is 2.24. The lowest BCUT2D eigenvalue weighted by Gasteiger charge is -2.29. The topological polar surface area (TPSA) is 68.3 Å². The first kappa shape index (κ1) is 19.4. The third-order valence-electron chi connectivity index (χ3n) is 4.71. The van der Waals surface area contributed by atoms with Crippen molar-refractivity contribution < 1.29 is 14.3 Å². The number of halogens is 1. The molecule has 0 bridgehead atoms. The van der Waals surface area contributed by atoms with E-state index in [1.165, 1.54) is 0 Å². The number of aromatic nitrogens is 1. The van der Waals surface area contributed by atoms with Crippen LogP contribution in [0.1, 0.15) is 48.9 Å². The van der Waals surface area contributed by atoms with Crippen molar-refractivity contribution >= 4 is 23.3 Å². The fourth-order valence-corrected chi connectivity index (χ4v) is 3.35. The number of hydrogen-bond acceptors (Lipinski definition) is 4. The van der Waals surface area contributed by atoms with E-state index in [0.29, 0.717) is 16.5 Å². The highest BCUT2D eigenvalue weighted by Crippen LogP contribution is 2.23. The monoisotopic (exact) mass is 386 g/mol. The van der Waals surface area contributed by atoms with Crippen molar-refractivity contribution in [2.75, 3.05) is 0 Å². The van der Waals surface area contributed by atoms with E-state index in [4.69, 9.17) is 16.3 Å². The average Bonchev–Trinajstić information content (AvgIpc) is 2.69. The Kier molecular flexibility index (Phi) is 6.82. The molecule has 2 aromatic rings. The summed E-state index contributed by atoms with van der Waals surface area (Å²) in [6.45, 7) is 0. The van der Waals surface area contributed by atoms with Gasteiger partial charge in [0.1, 0.15) is 6.10 Å². The Labute approximate surface area is 164 Å². The number of benzene rings is 1. The fraction of sp³-hybridized carbons (Fsp3) is 0.381. The van der Waals surface area contributed by atoms with Crippen LogP contribution in [-0.2, 0) is 4.79 Å². The first-order valence-electron chi connectivity index (χ1n) is 9.26. The summed E-state index contributed by atoms with van der Waals surface area (Å²) in [5, 5.41) is 3.63. The molecule has 1 aromatic carbocycles. The molecule has 1 fully saturated rings. The molecule has 1 aliphatic rings. The Morgan fingerprint density at radius 2 is 1.78 bits per heavy atom. The molecule has 1 N–H and O–H groups in total. The number of nitrogens with zero attached hydrogens (tertiary/aromatic N) is 1. The maximum absolute atomic E-state index is 12.1. The van der Waals surface area contributed by atoms with Gasteiger partial charge in [0.25, 0.3) is 0 Å². The van der Waals surface area contributed by atoms with E-state index in [-0.39, 0.29) is 36.7 Å². The SMILES string of the molecule is O=C(CCC(=O)c1ccc(Cl)cc1)NC1CCC(Oc2ccccn2)CC1. The Balaban J connectivity index is 1.36. The zero-order chi connectivity index (χ0) is 19.1. The van der Waals surface area contributed by atoms with Crippen LogP contribution in [0.2, 0.25) is 5.02 Å². The third kappa shape index (κ3) is 6.07. The second-order valence-electron chi connectivity index (χ2n) is 6.76. The van der Waals surface area contributed by atoms with Crippen molar-refractivity contribution in [3.8, 4) is 5.88 Å². The zero-order valence-corrected chi connectivity index (χ0v) is 15.8. The van der Waals surface area contributed by atoms with Gasteiger partial charge in [-0.1, -0.05) is 17.7 Å². The Hall–Kier alpha value is -2.40. The van der Waals surface area contributed by atoms with Gasteiger partial charge in [0.15, 0.2) is 5.78 Å². The summed E-state index contributed by atoms with van der Waals surface area (Å²) in [6, 6.07) is 12.5. The van der Waals surface area contributed by atoms with Crippen LogP contribution in [0.25, 0.3) is 0 Å². The van der Waals surface area contributed by atoms with E-state index < -0.39 is 0 Å². The fourth-order valence-electron chi connectivity index (χ4n) is 3.22. The molecule has 1 saturated carbocycles. The van der Waals surface area contributed by atoms with Crippen LogP contribution in [0.5, 0.6) is 5.88 Å². The molecule has 0 saturated heterocycles. The van der Waals surface area contributed by atoms with E-state index in [2.05, 4.69) is 10.3 Å². The van der Waals surface area contributed by atoms with Crippen molar-refractivity contribution in [2.45, 2.75) is 50.7 Å². The molecule has 0 spiro atoms. The quantitative estimate of drug-likeness (QED) is 0.724. The molecule has 27 heavy (non-hydrogen) atoms. The van der Waals surface area contributed by atoms with Crippen molar-refractivity contribution in [1.29, 1.82) is 0 Å². The van der Waals surface area contributed by atoms with Gasteiger partial charge in [-0.05, 0) is 56.0 Å². The summed E-state index contributed by atoms with van der Waals surface area (Å²) in [4.78, 5) is 28.5. The lowest BCUT2D eigenvalue weighted by atomic mass is 9.92. The molecule has 1 aromatic heterocycles. The molecular weight excluding hydrogens is 364 g/mol. The molecule has 142 valence electrons. The summed E-state index contributed by atoms with van der Waals surface area (Å²) >= 11 is 5.82. The van der Waals surface area contributed by atoms with Crippen LogP contribution in [0.3, 0.4) is 0 Å². The number of rotatable bonds is 7. The van der Waals surface area contributed by atoms with Gasteiger partial charge in [0, 0.05) is 41.7 Å². The minimum Gasteiger partial charge on any atom is -0.474 e. The van der Waals surface area contributed by atoms with Crippen LogP contribution < -0.4 is 10.1 Å². The number of carbonyl (C=O) groups excluding carboxylic acids is 2. The van der Waals surface area contributed by atoms with E-state index in [1.807, 2.05) is 18.2 Å². The van der Waals surface area contributed by atoms with Crippen molar-refractivity contribution in [3.05, 3.63) is 59.2 Å². The average molecular weight is 387 g/mol. The lowest BCUT2D eigenvalue weighted by Crippen LogP contribution is -2.39. The van der Waals surface area contributed by atoms with E-state index >= 15 is 0 Å². The van der Waals surface area contributed by atoms with Gasteiger partial charge in [-0.2, -0.15) is 0 Å². The smallest absolute Gasteiger partial charge is 0.220 e. The maximum Gasteiger partial charge on any atom is 0.220 e. The summed E-state index contributed by atoms with van der Waals surface area (Å²) in [5.74, 6) is 0.520. The van der Waals surface area contributed by atoms with Crippen LogP contribution >= 0.6 is 11.6 Å². The van der Waals surface area contributed by atoms with E-state index in [0.717, 1.165) is 25.7 Å². The Morgan fingerprint density at radius 3 is 2.44 bits per heavy atom. The van der Waals surface area contributed by atoms with Gasteiger partial charge in [-0.3, -0.25) is 9.59 Å².